The summed E-state index contributed by atoms with van der Waals surface area (Å²) in [7, 11) is 2.01. The van der Waals surface area contributed by atoms with Gasteiger partial charge in [-0.1, -0.05) is 0 Å². The van der Waals surface area contributed by atoms with Crippen LogP contribution in [0.5, 0.6) is 0 Å². The van der Waals surface area contributed by atoms with Crippen LogP contribution in [0.3, 0.4) is 0 Å². The molecule has 136 valence electrons. The molecule has 8 heteroatoms. The van der Waals surface area contributed by atoms with E-state index in [1.165, 1.54) is 0 Å². The zero-order chi connectivity index (χ0) is 17.6. The normalized spacial score (nSPS) is 15.7. The first kappa shape index (κ1) is 17.6. The van der Waals surface area contributed by atoms with Crippen LogP contribution in [0.1, 0.15) is 43.8 Å². The third-order valence-corrected chi connectivity index (χ3v) is 4.74. The highest BCUT2D eigenvalue weighted by molar-refractivity contribution is 5.76. The molecule has 0 unspecified atom stereocenters. The lowest BCUT2D eigenvalue weighted by Crippen LogP contribution is -2.38. The van der Waals surface area contributed by atoms with Gasteiger partial charge in [0.1, 0.15) is 12.4 Å². The van der Waals surface area contributed by atoms with Crippen LogP contribution in [-0.2, 0) is 23.1 Å². The van der Waals surface area contributed by atoms with Gasteiger partial charge in [-0.25, -0.2) is 0 Å². The molecule has 3 heterocycles. The fourth-order valence-corrected chi connectivity index (χ4v) is 3.26. The molecular formula is C17H26N6O2. The van der Waals surface area contributed by atoms with E-state index < -0.39 is 0 Å². The van der Waals surface area contributed by atoms with E-state index >= 15 is 0 Å². The number of hydrogen-bond acceptors (Lipinski definition) is 5. The summed E-state index contributed by atoms with van der Waals surface area (Å²) in [4.78, 5) is 14.1. The Morgan fingerprint density at radius 2 is 2.12 bits per heavy atom. The smallest absolute Gasteiger partial charge is 0.224 e. The lowest BCUT2D eigenvalue weighted by Gasteiger charge is -2.31. The monoisotopic (exact) mass is 346 g/mol. The Morgan fingerprint density at radius 1 is 1.32 bits per heavy atom. The summed E-state index contributed by atoms with van der Waals surface area (Å²) in [5.74, 6) is 2.43. The summed E-state index contributed by atoms with van der Waals surface area (Å²) in [6, 6.07) is 1.90. The van der Waals surface area contributed by atoms with Gasteiger partial charge in [-0.05, 0) is 25.8 Å². The van der Waals surface area contributed by atoms with Crippen LogP contribution < -0.4 is 0 Å². The van der Waals surface area contributed by atoms with Gasteiger partial charge in [0, 0.05) is 45.1 Å². The second kappa shape index (κ2) is 8.24. The molecule has 1 aliphatic heterocycles. The molecule has 0 saturated carbocycles. The molecule has 2 aromatic rings. The first-order valence-corrected chi connectivity index (χ1v) is 8.90. The number of carbonyl (C=O) groups is 1. The Morgan fingerprint density at radius 3 is 2.80 bits per heavy atom. The average Bonchev–Trinajstić information content (AvgIpc) is 3.26. The van der Waals surface area contributed by atoms with Crippen molar-refractivity contribution in [3.05, 3.63) is 30.1 Å². The summed E-state index contributed by atoms with van der Waals surface area (Å²) in [5, 5.41) is 12.9. The van der Waals surface area contributed by atoms with Crippen molar-refractivity contribution in [2.75, 3.05) is 26.3 Å². The lowest BCUT2D eigenvalue weighted by molar-refractivity contribution is -0.133. The molecule has 0 atom stereocenters. The summed E-state index contributed by atoms with van der Waals surface area (Å²) >= 11 is 0. The van der Waals surface area contributed by atoms with Gasteiger partial charge < -0.3 is 14.2 Å². The Bertz CT molecular complexity index is 673. The number of aromatic nitrogens is 5. The minimum atomic E-state index is 0.184. The van der Waals surface area contributed by atoms with Gasteiger partial charge in [0.25, 0.3) is 0 Å². The van der Waals surface area contributed by atoms with Crippen molar-refractivity contribution < 1.29 is 9.53 Å². The van der Waals surface area contributed by atoms with Crippen LogP contribution in [0.25, 0.3) is 0 Å². The highest BCUT2D eigenvalue weighted by atomic mass is 16.5. The Labute approximate surface area is 147 Å². The third kappa shape index (κ3) is 4.25. The first-order chi connectivity index (χ1) is 12.2. The van der Waals surface area contributed by atoms with E-state index in [4.69, 9.17) is 4.74 Å². The highest BCUT2D eigenvalue weighted by Gasteiger charge is 2.27. The van der Waals surface area contributed by atoms with Crippen LogP contribution in [0.2, 0.25) is 0 Å². The molecule has 1 aliphatic rings. The molecular weight excluding hydrogens is 320 g/mol. The van der Waals surface area contributed by atoms with E-state index in [2.05, 4.69) is 19.9 Å². The average molecular weight is 346 g/mol. The lowest BCUT2D eigenvalue weighted by atomic mass is 9.95. The maximum Gasteiger partial charge on any atom is 0.224 e. The fraction of sp³-hybridized carbons (Fsp3) is 0.647. The van der Waals surface area contributed by atoms with Crippen molar-refractivity contribution in [1.82, 2.24) is 29.4 Å². The first-order valence-electron chi connectivity index (χ1n) is 8.90. The van der Waals surface area contributed by atoms with Gasteiger partial charge in [0.05, 0.1) is 13.0 Å². The van der Waals surface area contributed by atoms with Crippen molar-refractivity contribution >= 4 is 5.91 Å². The predicted octanol–water partition coefficient (Wildman–Crippen LogP) is 1.19. The van der Waals surface area contributed by atoms with Crippen LogP contribution in [-0.4, -0.2) is 61.7 Å². The number of likely N-dealkylation sites (tertiary alicyclic amines) is 1. The number of nitrogens with zero attached hydrogens (tertiary/aromatic N) is 6. The van der Waals surface area contributed by atoms with Gasteiger partial charge >= 0.3 is 0 Å². The molecule has 8 nitrogen and oxygen atoms in total. The van der Waals surface area contributed by atoms with E-state index in [1.807, 2.05) is 35.8 Å². The van der Waals surface area contributed by atoms with E-state index in [-0.39, 0.29) is 5.91 Å². The summed E-state index contributed by atoms with van der Waals surface area (Å²) < 4.78 is 9.18. The number of carbonyl (C=O) groups excluding carboxylic acids is 1. The van der Waals surface area contributed by atoms with E-state index in [0.29, 0.717) is 32.1 Å². The van der Waals surface area contributed by atoms with Crippen LogP contribution in [0.4, 0.5) is 0 Å². The molecule has 0 bridgehead atoms. The molecule has 0 aliphatic carbocycles. The molecule has 3 rings (SSSR count). The SMILES string of the molecule is CCOCCC(=O)N1CCC(c2nnc(Cn3cccn3)n2C)CC1. The topological polar surface area (TPSA) is 78.1 Å². The maximum absolute atomic E-state index is 12.2. The Kier molecular flexibility index (Phi) is 5.80. The van der Waals surface area contributed by atoms with Gasteiger partial charge in [0.15, 0.2) is 5.82 Å². The zero-order valence-corrected chi connectivity index (χ0v) is 15.0. The van der Waals surface area contributed by atoms with Crippen molar-refractivity contribution in [2.24, 2.45) is 7.05 Å². The number of hydrogen-bond donors (Lipinski definition) is 0. The highest BCUT2D eigenvalue weighted by Crippen LogP contribution is 2.27. The summed E-state index contributed by atoms with van der Waals surface area (Å²) in [6.45, 7) is 5.27. The minimum absolute atomic E-state index is 0.184. The zero-order valence-electron chi connectivity index (χ0n) is 15.0. The van der Waals surface area contributed by atoms with Crippen molar-refractivity contribution in [3.63, 3.8) is 0 Å². The van der Waals surface area contributed by atoms with Crippen molar-refractivity contribution in [3.8, 4) is 0 Å². The summed E-state index contributed by atoms with van der Waals surface area (Å²) in [5.41, 5.74) is 0. The second-order valence-corrected chi connectivity index (χ2v) is 6.34. The Balaban J connectivity index is 1.54. The molecule has 0 spiro atoms. The minimum Gasteiger partial charge on any atom is -0.381 e. The molecule has 2 aromatic heterocycles. The second-order valence-electron chi connectivity index (χ2n) is 6.34. The van der Waals surface area contributed by atoms with E-state index in [9.17, 15) is 4.79 Å². The maximum atomic E-state index is 12.2. The predicted molar refractivity (Wildman–Crippen MR) is 92.0 cm³/mol. The van der Waals surface area contributed by atoms with Gasteiger partial charge in [0.2, 0.25) is 5.91 Å². The molecule has 25 heavy (non-hydrogen) atoms. The number of rotatable bonds is 7. The molecule has 1 fully saturated rings. The van der Waals surface area contributed by atoms with Crippen LogP contribution in [0.15, 0.2) is 18.5 Å². The quantitative estimate of drug-likeness (QED) is 0.704. The van der Waals surface area contributed by atoms with Gasteiger partial charge in [-0.3, -0.25) is 9.48 Å². The Hall–Kier alpha value is -2.22. The standard InChI is InChI=1S/C17H26N6O2/c1-3-25-12-7-16(24)22-10-5-14(6-11-22)17-20-19-15(21(17)2)13-23-9-4-8-18-23/h4,8-9,14H,3,5-7,10-13H2,1-2H3. The summed E-state index contributed by atoms with van der Waals surface area (Å²) in [6.07, 6.45) is 6.00. The largest absolute Gasteiger partial charge is 0.381 e. The number of ether oxygens (including phenoxy) is 1. The molecule has 0 aromatic carbocycles. The molecule has 1 amide bonds. The van der Waals surface area contributed by atoms with Crippen molar-refractivity contribution in [2.45, 2.75) is 38.6 Å². The molecule has 0 N–H and O–H groups in total. The van der Waals surface area contributed by atoms with Gasteiger partial charge in [-0.15, -0.1) is 10.2 Å². The van der Waals surface area contributed by atoms with Gasteiger partial charge in [-0.2, -0.15) is 5.10 Å². The van der Waals surface area contributed by atoms with E-state index in [0.717, 1.165) is 37.6 Å². The van der Waals surface area contributed by atoms with Crippen LogP contribution >= 0.6 is 0 Å². The fourth-order valence-electron chi connectivity index (χ4n) is 3.26. The number of piperidine rings is 1. The number of amides is 1. The van der Waals surface area contributed by atoms with E-state index in [1.54, 1.807) is 6.20 Å². The van der Waals surface area contributed by atoms with Crippen molar-refractivity contribution in [1.29, 1.82) is 0 Å². The molecule has 0 radical (unpaired) electrons. The molecule has 1 saturated heterocycles. The van der Waals surface area contributed by atoms with Crippen LogP contribution in [0, 0.1) is 0 Å². The third-order valence-electron chi connectivity index (χ3n) is 4.74.